The molecule has 1 unspecified atom stereocenters. The molecule has 0 aromatic heterocycles. The lowest BCUT2D eigenvalue weighted by molar-refractivity contribution is -0.920. The summed E-state index contributed by atoms with van der Waals surface area (Å²) >= 11 is 0. The molecule has 23 heavy (non-hydrogen) atoms. The molecule has 0 heterocycles. The maximum Gasteiger partial charge on any atom is 0.192 e. The van der Waals surface area contributed by atoms with Crippen LogP contribution >= 0.6 is 0 Å². The Morgan fingerprint density at radius 1 is 0.609 bits per heavy atom. The van der Waals surface area contributed by atoms with Gasteiger partial charge in [0.2, 0.25) is 0 Å². The molecule has 0 saturated carbocycles. The Morgan fingerprint density at radius 2 is 1.00 bits per heavy atom. The summed E-state index contributed by atoms with van der Waals surface area (Å²) in [6.45, 7) is 5.45. The fourth-order valence-electron chi connectivity index (χ4n) is 3.23. The Morgan fingerprint density at radius 3 is 1.35 bits per heavy atom. The molecule has 0 aliphatic rings. The lowest BCUT2D eigenvalue weighted by Crippen LogP contribution is -2.46. The number of rotatable bonds is 17. The summed E-state index contributed by atoms with van der Waals surface area (Å²) in [5, 5.41) is 0. The van der Waals surface area contributed by atoms with Crippen LogP contribution in [0.15, 0.2) is 0 Å². The highest BCUT2D eigenvalue weighted by Crippen LogP contribution is 2.13. The van der Waals surface area contributed by atoms with Gasteiger partial charge in [-0.1, -0.05) is 90.9 Å². The van der Waals surface area contributed by atoms with Gasteiger partial charge in [-0.2, -0.15) is 0 Å². The molecule has 140 valence electrons. The third-order valence-electron chi connectivity index (χ3n) is 4.77. The van der Waals surface area contributed by atoms with Crippen LogP contribution in [0, 0.1) is 0 Å². The second-order valence-electron chi connectivity index (χ2n) is 8.09. The van der Waals surface area contributed by atoms with Gasteiger partial charge < -0.3 is 9.22 Å². The Kier molecular flexibility index (Phi) is 15.4. The van der Waals surface area contributed by atoms with Crippen molar-refractivity contribution in [3.63, 3.8) is 0 Å². The minimum absolute atomic E-state index is 0.354. The zero-order valence-electron chi connectivity index (χ0n) is 17.0. The van der Waals surface area contributed by atoms with Gasteiger partial charge >= 0.3 is 0 Å². The van der Waals surface area contributed by atoms with E-state index in [-0.39, 0.29) is 0 Å². The van der Waals surface area contributed by atoms with Crippen molar-refractivity contribution >= 4 is 0 Å². The van der Waals surface area contributed by atoms with Crippen LogP contribution in [0.4, 0.5) is 0 Å². The molecule has 0 aliphatic heterocycles. The average Bonchev–Trinajstić information content (AvgIpc) is 2.50. The van der Waals surface area contributed by atoms with Gasteiger partial charge in [0.25, 0.3) is 0 Å². The van der Waals surface area contributed by atoms with E-state index >= 15 is 0 Å². The first-order chi connectivity index (χ1) is 11.0. The third kappa shape index (κ3) is 15.2. The highest BCUT2D eigenvalue weighted by molar-refractivity contribution is 4.49. The summed E-state index contributed by atoms with van der Waals surface area (Å²) in [5.74, 6) is 0. The van der Waals surface area contributed by atoms with Crippen LogP contribution in [-0.4, -0.2) is 38.5 Å². The number of quaternary nitrogens is 1. The molecule has 0 fully saturated rings. The summed E-state index contributed by atoms with van der Waals surface area (Å²) in [5.41, 5.74) is 0. The molecule has 2 nitrogen and oxygen atoms in total. The summed E-state index contributed by atoms with van der Waals surface area (Å²) in [6.07, 6.45) is 19.8. The van der Waals surface area contributed by atoms with E-state index in [0.29, 0.717) is 6.23 Å². The summed E-state index contributed by atoms with van der Waals surface area (Å²) < 4.78 is 6.94. The van der Waals surface area contributed by atoms with E-state index in [1.807, 2.05) is 0 Å². The molecule has 0 amide bonds. The molecule has 0 spiro atoms. The van der Waals surface area contributed by atoms with E-state index in [1.54, 1.807) is 0 Å². The predicted molar refractivity (Wildman–Crippen MR) is 104 cm³/mol. The third-order valence-corrected chi connectivity index (χ3v) is 4.77. The lowest BCUT2D eigenvalue weighted by Gasteiger charge is -2.33. The van der Waals surface area contributed by atoms with E-state index in [9.17, 15) is 0 Å². The molecule has 2 heteroatoms. The van der Waals surface area contributed by atoms with E-state index < -0.39 is 0 Å². The van der Waals surface area contributed by atoms with Gasteiger partial charge in [0, 0.05) is 6.42 Å². The molecule has 0 aliphatic carbocycles. The van der Waals surface area contributed by atoms with Gasteiger partial charge in [-0.15, -0.1) is 0 Å². The van der Waals surface area contributed by atoms with Crippen molar-refractivity contribution in [3.8, 4) is 0 Å². The number of hydrogen-bond acceptors (Lipinski definition) is 1. The minimum Gasteiger partial charge on any atom is -0.329 e. The van der Waals surface area contributed by atoms with E-state index in [1.165, 1.54) is 83.5 Å². The minimum atomic E-state index is 0.354. The van der Waals surface area contributed by atoms with Crippen LogP contribution in [-0.2, 0) is 4.74 Å². The molecule has 0 bridgehead atoms. The molecular weight excluding hydrogens is 282 g/mol. The van der Waals surface area contributed by atoms with Gasteiger partial charge in [-0.25, -0.2) is 0 Å². The monoisotopic (exact) mass is 328 g/mol. The number of nitrogens with zero attached hydrogens (tertiary/aromatic N) is 1. The Hall–Kier alpha value is -0.0800. The average molecular weight is 329 g/mol. The predicted octanol–water partition coefficient (Wildman–Crippen LogP) is 6.54. The second-order valence-corrected chi connectivity index (χ2v) is 8.09. The van der Waals surface area contributed by atoms with E-state index in [0.717, 1.165) is 17.5 Å². The molecule has 0 aromatic rings. The van der Waals surface area contributed by atoms with Crippen molar-refractivity contribution in [1.82, 2.24) is 0 Å². The fraction of sp³-hybridized carbons (Fsp3) is 1.00. The largest absolute Gasteiger partial charge is 0.329 e. The van der Waals surface area contributed by atoms with Crippen molar-refractivity contribution in [1.29, 1.82) is 0 Å². The number of hydrogen-bond donors (Lipinski definition) is 0. The molecule has 0 N–H and O–H groups in total. The quantitative estimate of drug-likeness (QED) is 0.167. The molecule has 0 radical (unpaired) electrons. The fourth-order valence-corrected chi connectivity index (χ4v) is 3.23. The zero-order chi connectivity index (χ0) is 17.4. The smallest absolute Gasteiger partial charge is 0.192 e. The first-order valence-electron chi connectivity index (χ1n) is 10.4. The second kappa shape index (κ2) is 15.4. The maximum atomic E-state index is 6.03. The van der Waals surface area contributed by atoms with Gasteiger partial charge in [0.15, 0.2) is 6.23 Å². The number of ether oxygens (including phenoxy) is 1. The molecular formula is C21H46NO+. The van der Waals surface area contributed by atoms with Gasteiger partial charge in [0.05, 0.1) is 27.7 Å². The topological polar surface area (TPSA) is 9.23 Å². The maximum absolute atomic E-state index is 6.03. The highest BCUT2D eigenvalue weighted by Gasteiger charge is 2.21. The van der Waals surface area contributed by atoms with Crippen LogP contribution in [0.25, 0.3) is 0 Å². The van der Waals surface area contributed by atoms with Gasteiger partial charge in [0.1, 0.15) is 0 Å². The molecule has 0 aromatic carbocycles. The van der Waals surface area contributed by atoms with Crippen LogP contribution in [0.3, 0.4) is 0 Å². The number of unbranched alkanes of at least 4 members (excludes halogenated alkanes) is 12. The molecule has 1 atom stereocenters. The molecule has 0 saturated heterocycles. The van der Waals surface area contributed by atoms with Crippen molar-refractivity contribution in [2.45, 2.75) is 110 Å². The van der Waals surface area contributed by atoms with Crippen molar-refractivity contribution in [2.75, 3.05) is 27.7 Å². The van der Waals surface area contributed by atoms with Crippen molar-refractivity contribution in [2.24, 2.45) is 0 Å². The van der Waals surface area contributed by atoms with E-state index in [2.05, 4.69) is 35.0 Å². The SMILES string of the molecule is CCCCCCCCCCCCCCCOC(CC)[N+](C)(C)C. The summed E-state index contributed by atoms with van der Waals surface area (Å²) in [4.78, 5) is 0. The Bertz CT molecular complexity index is 234. The normalized spacial score (nSPS) is 13.4. The Balaban J connectivity index is 3.22. The van der Waals surface area contributed by atoms with Crippen LogP contribution < -0.4 is 0 Å². The summed E-state index contributed by atoms with van der Waals surface area (Å²) in [6, 6.07) is 0. The van der Waals surface area contributed by atoms with Crippen molar-refractivity contribution < 1.29 is 9.22 Å². The first-order valence-corrected chi connectivity index (χ1v) is 10.4. The van der Waals surface area contributed by atoms with Crippen LogP contribution in [0.2, 0.25) is 0 Å². The summed E-state index contributed by atoms with van der Waals surface area (Å²) in [7, 11) is 6.66. The van der Waals surface area contributed by atoms with Crippen LogP contribution in [0.5, 0.6) is 0 Å². The van der Waals surface area contributed by atoms with E-state index in [4.69, 9.17) is 4.74 Å². The van der Waals surface area contributed by atoms with Gasteiger partial charge in [-0.3, -0.25) is 0 Å². The van der Waals surface area contributed by atoms with Crippen LogP contribution in [0.1, 0.15) is 104 Å². The van der Waals surface area contributed by atoms with Gasteiger partial charge in [-0.05, 0) is 6.42 Å². The zero-order valence-corrected chi connectivity index (χ0v) is 17.0. The highest BCUT2D eigenvalue weighted by atomic mass is 16.5. The molecule has 0 rings (SSSR count). The first kappa shape index (κ1) is 22.9. The Labute approximate surface area is 147 Å². The lowest BCUT2D eigenvalue weighted by atomic mass is 10.0. The standard InChI is InChI=1S/C21H46NO/c1-6-8-9-10-11-12-13-14-15-16-17-18-19-20-23-21(7-2)22(3,4)5/h21H,6-20H2,1-5H3/q+1. The van der Waals surface area contributed by atoms with Crippen molar-refractivity contribution in [3.05, 3.63) is 0 Å².